The topological polar surface area (TPSA) is 54.5 Å². The van der Waals surface area contributed by atoms with Gasteiger partial charge in [-0.2, -0.15) is 0 Å². The van der Waals surface area contributed by atoms with Gasteiger partial charge in [-0.25, -0.2) is 4.98 Å². The minimum absolute atomic E-state index is 0.0213. The zero-order valence-electron chi connectivity index (χ0n) is 22.3. The van der Waals surface area contributed by atoms with Gasteiger partial charge in [-0.3, -0.25) is 9.69 Å². The summed E-state index contributed by atoms with van der Waals surface area (Å²) >= 11 is 1.46. The van der Waals surface area contributed by atoms with Crippen molar-refractivity contribution in [2.75, 3.05) is 26.2 Å². The van der Waals surface area contributed by atoms with E-state index in [1.165, 1.54) is 40.9 Å². The largest absolute Gasteiger partial charge is 0.493 e. The number of rotatable bonds is 11. The second kappa shape index (κ2) is 12.0. The first-order valence-corrected chi connectivity index (χ1v) is 14.0. The van der Waals surface area contributed by atoms with Gasteiger partial charge in [0.25, 0.3) is 5.91 Å². The number of amides is 1. The van der Waals surface area contributed by atoms with Crippen LogP contribution in [0.2, 0.25) is 0 Å². The SMILES string of the molecule is CCCCCOc1ccc(C(C)N2CC(CNC(=O)c3sc(C)nc3-c3ccccc3)C2)c(C)c1C. The van der Waals surface area contributed by atoms with Gasteiger partial charge in [0, 0.05) is 37.2 Å². The first-order chi connectivity index (χ1) is 17.4. The molecule has 36 heavy (non-hydrogen) atoms. The predicted molar refractivity (Wildman–Crippen MR) is 149 cm³/mol. The Labute approximate surface area is 219 Å². The van der Waals surface area contributed by atoms with Gasteiger partial charge in [-0.1, -0.05) is 56.2 Å². The van der Waals surface area contributed by atoms with Gasteiger partial charge in [0.2, 0.25) is 0 Å². The minimum Gasteiger partial charge on any atom is -0.493 e. The second-order valence-electron chi connectivity index (χ2n) is 9.94. The number of carbonyl (C=O) groups is 1. The molecule has 1 aromatic heterocycles. The predicted octanol–water partition coefficient (Wildman–Crippen LogP) is 6.73. The number of nitrogens with one attached hydrogen (secondary N) is 1. The molecule has 1 amide bonds. The van der Waals surface area contributed by atoms with Gasteiger partial charge >= 0.3 is 0 Å². The Hall–Kier alpha value is -2.70. The van der Waals surface area contributed by atoms with Crippen LogP contribution in [0.4, 0.5) is 0 Å². The van der Waals surface area contributed by atoms with E-state index in [0.717, 1.165) is 48.1 Å². The Morgan fingerprint density at radius 3 is 2.58 bits per heavy atom. The molecule has 6 heteroatoms. The number of thiazole rings is 1. The highest BCUT2D eigenvalue weighted by molar-refractivity contribution is 7.14. The third-order valence-electron chi connectivity index (χ3n) is 7.31. The molecule has 2 aromatic carbocycles. The number of unbranched alkanes of at least 4 members (excludes halogenated alkanes) is 2. The lowest BCUT2D eigenvalue weighted by Crippen LogP contribution is -2.52. The third kappa shape index (κ3) is 5.98. The molecular formula is C30H39N3O2S. The Bertz CT molecular complexity index is 1170. The highest BCUT2D eigenvalue weighted by Gasteiger charge is 2.32. The molecule has 5 nitrogen and oxygen atoms in total. The maximum Gasteiger partial charge on any atom is 0.263 e. The lowest BCUT2D eigenvalue weighted by atomic mass is 9.91. The fraction of sp³-hybridized carbons (Fsp3) is 0.467. The standard InChI is InChI=1S/C30H39N3O2S/c1-6-7-11-16-35-27-15-14-26(20(2)21(27)3)22(4)33-18-24(19-33)17-31-30(34)29-28(32-23(5)36-29)25-12-9-8-10-13-25/h8-10,12-15,22,24H,6-7,11,16-19H2,1-5H3,(H,31,34). The Morgan fingerprint density at radius 1 is 1.11 bits per heavy atom. The van der Waals surface area contributed by atoms with Gasteiger partial charge < -0.3 is 10.1 Å². The van der Waals surface area contributed by atoms with Crippen molar-refractivity contribution >= 4 is 17.2 Å². The molecule has 1 aliphatic rings. The van der Waals surface area contributed by atoms with Crippen LogP contribution in [-0.2, 0) is 0 Å². The molecule has 0 saturated carbocycles. The zero-order valence-corrected chi connectivity index (χ0v) is 23.1. The molecule has 0 bridgehead atoms. The number of hydrogen-bond donors (Lipinski definition) is 1. The average Bonchev–Trinajstić information content (AvgIpc) is 3.25. The number of aryl methyl sites for hydroxylation is 1. The molecule has 1 saturated heterocycles. The second-order valence-corrected chi connectivity index (χ2v) is 11.1. The molecule has 0 spiro atoms. The number of hydrogen-bond acceptors (Lipinski definition) is 5. The van der Waals surface area contributed by atoms with Crippen molar-refractivity contribution in [1.29, 1.82) is 0 Å². The number of ether oxygens (including phenoxy) is 1. The average molecular weight is 506 g/mol. The number of carbonyl (C=O) groups excluding carboxylic acids is 1. The van der Waals surface area contributed by atoms with E-state index < -0.39 is 0 Å². The van der Waals surface area contributed by atoms with Crippen LogP contribution in [-0.4, -0.2) is 42.0 Å². The van der Waals surface area contributed by atoms with E-state index in [0.29, 0.717) is 23.4 Å². The summed E-state index contributed by atoms with van der Waals surface area (Å²) in [6, 6.07) is 14.7. The smallest absolute Gasteiger partial charge is 0.263 e. The van der Waals surface area contributed by atoms with Crippen molar-refractivity contribution in [3.05, 3.63) is 69.0 Å². The first-order valence-electron chi connectivity index (χ1n) is 13.2. The van der Waals surface area contributed by atoms with Gasteiger partial charge in [0.05, 0.1) is 17.3 Å². The molecule has 1 atom stereocenters. The van der Waals surface area contributed by atoms with Crippen LogP contribution >= 0.6 is 11.3 Å². The third-order valence-corrected chi connectivity index (χ3v) is 8.28. The van der Waals surface area contributed by atoms with Crippen LogP contribution < -0.4 is 10.1 Å². The molecule has 1 unspecified atom stereocenters. The Morgan fingerprint density at radius 2 is 1.86 bits per heavy atom. The Balaban J connectivity index is 1.30. The number of nitrogens with zero attached hydrogens (tertiary/aromatic N) is 2. The number of aromatic nitrogens is 1. The van der Waals surface area contributed by atoms with E-state index in [2.05, 4.69) is 55.0 Å². The molecule has 3 aromatic rings. The molecule has 1 aliphatic heterocycles. The summed E-state index contributed by atoms with van der Waals surface area (Å²) in [7, 11) is 0. The summed E-state index contributed by atoms with van der Waals surface area (Å²) in [6.45, 7) is 14.3. The highest BCUT2D eigenvalue weighted by Crippen LogP contribution is 2.34. The zero-order chi connectivity index (χ0) is 25.7. The summed E-state index contributed by atoms with van der Waals surface area (Å²) in [5.41, 5.74) is 5.70. The number of likely N-dealkylation sites (tertiary alicyclic amines) is 1. The fourth-order valence-electron chi connectivity index (χ4n) is 4.90. The van der Waals surface area contributed by atoms with E-state index in [9.17, 15) is 4.79 Å². The van der Waals surface area contributed by atoms with Crippen molar-refractivity contribution in [1.82, 2.24) is 15.2 Å². The monoisotopic (exact) mass is 505 g/mol. The fourth-order valence-corrected chi connectivity index (χ4v) is 5.76. The van der Waals surface area contributed by atoms with E-state index in [4.69, 9.17) is 4.74 Å². The molecule has 1 fully saturated rings. The summed E-state index contributed by atoms with van der Waals surface area (Å²) in [6.07, 6.45) is 3.52. The van der Waals surface area contributed by atoms with Crippen molar-refractivity contribution in [2.45, 2.75) is 59.9 Å². The number of benzene rings is 2. The molecule has 0 aliphatic carbocycles. The van der Waals surface area contributed by atoms with Gasteiger partial charge in [-0.05, 0) is 56.9 Å². The summed E-state index contributed by atoms with van der Waals surface area (Å²) < 4.78 is 6.04. The lowest BCUT2D eigenvalue weighted by Gasteiger charge is -2.44. The van der Waals surface area contributed by atoms with E-state index in [-0.39, 0.29) is 5.91 Å². The van der Waals surface area contributed by atoms with Crippen molar-refractivity contribution in [3.8, 4) is 17.0 Å². The Kier molecular flexibility index (Phi) is 8.81. The lowest BCUT2D eigenvalue weighted by molar-refractivity contribution is 0.0570. The van der Waals surface area contributed by atoms with Gasteiger partial charge in [0.15, 0.2) is 0 Å². The van der Waals surface area contributed by atoms with Gasteiger partial charge in [0.1, 0.15) is 10.6 Å². The van der Waals surface area contributed by atoms with Crippen LogP contribution in [0, 0.1) is 26.7 Å². The normalized spacial score (nSPS) is 14.9. The van der Waals surface area contributed by atoms with Crippen LogP contribution in [0.1, 0.15) is 70.5 Å². The van der Waals surface area contributed by atoms with Crippen molar-refractivity contribution < 1.29 is 9.53 Å². The molecule has 4 rings (SSSR count). The summed E-state index contributed by atoms with van der Waals surface area (Å²) in [5, 5.41) is 4.08. The minimum atomic E-state index is -0.0213. The maximum atomic E-state index is 13.0. The first kappa shape index (κ1) is 26.4. The van der Waals surface area contributed by atoms with Gasteiger partial charge in [-0.15, -0.1) is 11.3 Å². The van der Waals surface area contributed by atoms with Crippen LogP contribution in [0.5, 0.6) is 5.75 Å². The highest BCUT2D eigenvalue weighted by atomic mass is 32.1. The molecule has 0 radical (unpaired) electrons. The maximum absolute atomic E-state index is 13.0. The van der Waals surface area contributed by atoms with E-state index in [1.807, 2.05) is 37.3 Å². The molecule has 192 valence electrons. The quantitative estimate of drug-likeness (QED) is 0.294. The molecule has 2 heterocycles. The van der Waals surface area contributed by atoms with Crippen molar-refractivity contribution in [3.63, 3.8) is 0 Å². The van der Waals surface area contributed by atoms with Crippen LogP contribution in [0.25, 0.3) is 11.3 Å². The van der Waals surface area contributed by atoms with Crippen molar-refractivity contribution in [2.24, 2.45) is 5.92 Å². The summed E-state index contributed by atoms with van der Waals surface area (Å²) in [4.78, 5) is 20.8. The van der Waals surface area contributed by atoms with E-state index in [1.54, 1.807) is 0 Å². The van der Waals surface area contributed by atoms with Crippen LogP contribution in [0.15, 0.2) is 42.5 Å². The molecular weight excluding hydrogens is 466 g/mol. The van der Waals surface area contributed by atoms with Crippen LogP contribution in [0.3, 0.4) is 0 Å². The van der Waals surface area contributed by atoms with E-state index >= 15 is 0 Å². The summed E-state index contributed by atoms with van der Waals surface area (Å²) in [5.74, 6) is 1.46. The molecule has 1 N–H and O–H groups in total.